The van der Waals surface area contributed by atoms with Crippen molar-refractivity contribution in [2.24, 2.45) is 0 Å². The number of hydrogen-bond acceptors (Lipinski definition) is 4. The lowest BCUT2D eigenvalue weighted by atomic mass is 10.1. The van der Waals surface area contributed by atoms with Crippen LogP contribution in [0.5, 0.6) is 5.75 Å². The summed E-state index contributed by atoms with van der Waals surface area (Å²) in [5, 5.41) is 9.59. The van der Waals surface area contributed by atoms with Crippen molar-refractivity contribution < 1.29 is 14.6 Å². The van der Waals surface area contributed by atoms with Gasteiger partial charge in [0.15, 0.2) is 0 Å². The third-order valence-corrected chi connectivity index (χ3v) is 2.91. The van der Waals surface area contributed by atoms with E-state index in [4.69, 9.17) is 4.74 Å². The SMILES string of the molecule is CCC1CN(C(=O)c2ccncc2O)CCO1. The fourth-order valence-corrected chi connectivity index (χ4v) is 1.89. The van der Waals surface area contributed by atoms with Gasteiger partial charge in [-0.05, 0) is 12.5 Å². The highest BCUT2D eigenvalue weighted by Gasteiger charge is 2.25. The molecule has 0 bridgehead atoms. The number of rotatable bonds is 2. The normalized spacial score (nSPS) is 20.3. The molecule has 1 fully saturated rings. The molecule has 0 aliphatic carbocycles. The lowest BCUT2D eigenvalue weighted by molar-refractivity contribution is -0.0227. The summed E-state index contributed by atoms with van der Waals surface area (Å²) in [5.74, 6) is -0.233. The van der Waals surface area contributed by atoms with Gasteiger partial charge in [0.05, 0.1) is 24.5 Å². The fraction of sp³-hybridized carbons (Fsp3) is 0.500. The van der Waals surface area contributed by atoms with Crippen LogP contribution < -0.4 is 0 Å². The van der Waals surface area contributed by atoms with Crippen molar-refractivity contribution in [1.29, 1.82) is 0 Å². The van der Waals surface area contributed by atoms with Crippen LogP contribution in [0.25, 0.3) is 0 Å². The maximum atomic E-state index is 12.2. The number of nitrogens with zero attached hydrogens (tertiary/aromatic N) is 2. The average Bonchev–Trinajstić information content (AvgIpc) is 2.38. The number of pyridine rings is 1. The van der Waals surface area contributed by atoms with Crippen LogP contribution in [-0.2, 0) is 4.74 Å². The number of ether oxygens (including phenoxy) is 1. The Labute approximate surface area is 100 Å². The van der Waals surface area contributed by atoms with E-state index >= 15 is 0 Å². The molecular weight excluding hydrogens is 220 g/mol. The van der Waals surface area contributed by atoms with Gasteiger partial charge in [0.25, 0.3) is 5.91 Å². The zero-order valence-electron chi connectivity index (χ0n) is 9.80. The monoisotopic (exact) mass is 236 g/mol. The van der Waals surface area contributed by atoms with Crippen LogP contribution in [-0.4, -0.2) is 46.7 Å². The van der Waals surface area contributed by atoms with E-state index < -0.39 is 0 Å². The maximum Gasteiger partial charge on any atom is 0.257 e. The predicted octanol–water partition coefficient (Wildman–Crippen LogP) is 1.04. The van der Waals surface area contributed by atoms with Crippen LogP contribution in [0.3, 0.4) is 0 Å². The zero-order chi connectivity index (χ0) is 12.3. The molecule has 1 amide bonds. The lowest BCUT2D eigenvalue weighted by Gasteiger charge is -2.32. The standard InChI is InChI=1S/C12H16N2O3/c1-2-9-8-14(5-6-17-9)12(16)10-3-4-13-7-11(10)15/h3-4,7,9,15H,2,5-6,8H2,1H3. The van der Waals surface area contributed by atoms with Crippen LogP contribution in [0.4, 0.5) is 0 Å². The van der Waals surface area contributed by atoms with Gasteiger partial charge < -0.3 is 14.7 Å². The third kappa shape index (κ3) is 2.55. The largest absolute Gasteiger partial charge is 0.505 e. The summed E-state index contributed by atoms with van der Waals surface area (Å²) in [5.41, 5.74) is 0.303. The summed E-state index contributed by atoms with van der Waals surface area (Å²) < 4.78 is 5.50. The number of carbonyl (C=O) groups is 1. The van der Waals surface area contributed by atoms with E-state index in [2.05, 4.69) is 4.98 Å². The van der Waals surface area contributed by atoms with Crippen molar-refractivity contribution in [3.8, 4) is 5.75 Å². The highest BCUT2D eigenvalue weighted by molar-refractivity contribution is 5.96. The topological polar surface area (TPSA) is 62.7 Å². The second-order valence-corrected chi connectivity index (χ2v) is 4.05. The summed E-state index contributed by atoms with van der Waals surface area (Å²) in [7, 11) is 0. The summed E-state index contributed by atoms with van der Waals surface area (Å²) in [6, 6.07) is 1.54. The van der Waals surface area contributed by atoms with Crippen molar-refractivity contribution in [3.63, 3.8) is 0 Å². The van der Waals surface area contributed by atoms with E-state index in [1.807, 2.05) is 6.92 Å². The number of hydrogen-bond donors (Lipinski definition) is 1. The van der Waals surface area contributed by atoms with Crippen LogP contribution >= 0.6 is 0 Å². The van der Waals surface area contributed by atoms with Gasteiger partial charge in [-0.2, -0.15) is 0 Å². The Hall–Kier alpha value is -1.62. The Morgan fingerprint density at radius 3 is 3.24 bits per heavy atom. The molecule has 1 saturated heterocycles. The number of aromatic hydroxyl groups is 1. The summed E-state index contributed by atoms with van der Waals surface area (Å²) in [4.78, 5) is 17.6. The van der Waals surface area contributed by atoms with Gasteiger partial charge in [-0.3, -0.25) is 9.78 Å². The van der Waals surface area contributed by atoms with Gasteiger partial charge in [-0.25, -0.2) is 0 Å². The molecule has 1 unspecified atom stereocenters. The van der Waals surface area contributed by atoms with Gasteiger partial charge in [0.1, 0.15) is 5.75 Å². The minimum Gasteiger partial charge on any atom is -0.505 e. The van der Waals surface area contributed by atoms with E-state index in [1.165, 1.54) is 18.5 Å². The molecule has 1 aromatic heterocycles. The Bertz CT molecular complexity index is 408. The molecule has 1 aliphatic heterocycles. The quantitative estimate of drug-likeness (QED) is 0.833. The molecule has 0 radical (unpaired) electrons. The van der Waals surface area contributed by atoms with Crippen molar-refractivity contribution in [2.45, 2.75) is 19.4 Å². The first-order valence-corrected chi connectivity index (χ1v) is 5.76. The van der Waals surface area contributed by atoms with Crippen molar-refractivity contribution in [3.05, 3.63) is 24.0 Å². The molecule has 1 N–H and O–H groups in total. The van der Waals surface area contributed by atoms with Crippen LogP contribution in [0.15, 0.2) is 18.5 Å². The Morgan fingerprint density at radius 1 is 1.71 bits per heavy atom. The first-order chi connectivity index (χ1) is 8.22. The molecule has 1 aliphatic rings. The van der Waals surface area contributed by atoms with Gasteiger partial charge in [-0.1, -0.05) is 6.92 Å². The molecule has 92 valence electrons. The molecule has 17 heavy (non-hydrogen) atoms. The maximum absolute atomic E-state index is 12.2. The van der Waals surface area contributed by atoms with E-state index in [1.54, 1.807) is 4.90 Å². The highest BCUT2D eigenvalue weighted by Crippen LogP contribution is 2.18. The second-order valence-electron chi connectivity index (χ2n) is 4.05. The first-order valence-electron chi connectivity index (χ1n) is 5.76. The molecule has 2 heterocycles. The van der Waals surface area contributed by atoms with E-state index in [9.17, 15) is 9.90 Å². The smallest absolute Gasteiger partial charge is 0.257 e. The molecule has 0 saturated carbocycles. The molecule has 0 aromatic carbocycles. The fourth-order valence-electron chi connectivity index (χ4n) is 1.89. The third-order valence-electron chi connectivity index (χ3n) is 2.91. The predicted molar refractivity (Wildman–Crippen MR) is 61.8 cm³/mol. The highest BCUT2D eigenvalue weighted by atomic mass is 16.5. The number of morpholine rings is 1. The average molecular weight is 236 g/mol. The molecule has 0 spiro atoms. The van der Waals surface area contributed by atoms with Gasteiger partial charge in [0, 0.05) is 19.3 Å². The lowest BCUT2D eigenvalue weighted by Crippen LogP contribution is -2.45. The molecule has 2 rings (SSSR count). The summed E-state index contributed by atoms with van der Waals surface area (Å²) in [6.07, 6.45) is 3.76. The number of carbonyl (C=O) groups excluding carboxylic acids is 1. The molecule has 5 heteroatoms. The Balaban J connectivity index is 2.12. The van der Waals surface area contributed by atoms with Gasteiger partial charge >= 0.3 is 0 Å². The molecular formula is C12H16N2O3. The van der Waals surface area contributed by atoms with Gasteiger partial charge in [0.2, 0.25) is 0 Å². The van der Waals surface area contributed by atoms with E-state index in [-0.39, 0.29) is 17.8 Å². The summed E-state index contributed by atoms with van der Waals surface area (Å²) in [6.45, 7) is 3.73. The second kappa shape index (κ2) is 5.14. The van der Waals surface area contributed by atoms with Crippen molar-refractivity contribution in [2.75, 3.05) is 19.7 Å². The summed E-state index contributed by atoms with van der Waals surface area (Å²) >= 11 is 0. The molecule has 5 nitrogen and oxygen atoms in total. The van der Waals surface area contributed by atoms with Crippen LogP contribution in [0.2, 0.25) is 0 Å². The number of amides is 1. The first kappa shape index (κ1) is 11.9. The zero-order valence-corrected chi connectivity index (χ0v) is 9.80. The Morgan fingerprint density at radius 2 is 2.53 bits per heavy atom. The van der Waals surface area contributed by atoms with Gasteiger partial charge in [-0.15, -0.1) is 0 Å². The minimum absolute atomic E-state index is 0.0722. The number of aromatic nitrogens is 1. The minimum atomic E-state index is -0.161. The molecule has 1 aromatic rings. The van der Waals surface area contributed by atoms with Crippen LogP contribution in [0.1, 0.15) is 23.7 Å². The van der Waals surface area contributed by atoms with Crippen molar-refractivity contribution in [1.82, 2.24) is 9.88 Å². The Kier molecular flexibility index (Phi) is 3.58. The van der Waals surface area contributed by atoms with E-state index in [0.717, 1.165) is 6.42 Å². The van der Waals surface area contributed by atoms with Crippen LogP contribution in [0, 0.1) is 0 Å². The van der Waals surface area contributed by atoms with Crippen molar-refractivity contribution >= 4 is 5.91 Å². The molecule has 1 atom stereocenters. The van der Waals surface area contributed by atoms with E-state index in [0.29, 0.717) is 25.3 Å².